The molecule has 0 radical (unpaired) electrons. The van der Waals surface area contributed by atoms with Crippen molar-refractivity contribution in [3.8, 4) is 0 Å². The molecule has 0 amide bonds. The monoisotopic (exact) mass is 267 g/mol. The molecule has 0 bridgehead atoms. The van der Waals surface area contributed by atoms with Gasteiger partial charge in [0.2, 0.25) is 0 Å². The first kappa shape index (κ1) is 13.3. The average molecular weight is 267 g/mol. The largest absolute Gasteiger partial charge is 0.372 e. The Labute approximate surface area is 120 Å². The molecule has 2 aromatic rings. The van der Waals surface area contributed by atoms with Crippen LogP contribution in [0, 0.1) is 0 Å². The van der Waals surface area contributed by atoms with Crippen LogP contribution in [0.2, 0.25) is 0 Å². The Hall–Kier alpha value is -1.64. The van der Waals surface area contributed by atoms with Gasteiger partial charge in [0.1, 0.15) is 0 Å². The molecule has 1 N–H and O–H groups in total. The molecule has 0 saturated carbocycles. The predicted octanol–water partition coefficient (Wildman–Crippen LogP) is 3.70. The summed E-state index contributed by atoms with van der Waals surface area (Å²) in [6.45, 7) is 1.77. The summed E-state index contributed by atoms with van der Waals surface area (Å²) < 4.78 is 6.17. The molecule has 2 nitrogen and oxygen atoms in total. The molecule has 2 aromatic carbocycles. The maximum absolute atomic E-state index is 6.17. The van der Waals surface area contributed by atoms with Crippen molar-refractivity contribution in [2.24, 2.45) is 0 Å². The lowest BCUT2D eigenvalue weighted by molar-refractivity contribution is -0.00356. The van der Waals surface area contributed by atoms with E-state index < -0.39 is 0 Å². The Morgan fingerprint density at radius 1 is 0.950 bits per heavy atom. The molecule has 0 aliphatic carbocycles. The van der Waals surface area contributed by atoms with Gasteiger partial charge >= 0.3 is 0 Å². The van der Waals surface area contributed by atoms with E-state index in [1.165, 1.54) is 17.5 Å². The summed E-state index contributed by atoms with van der Waals surface area (Å²) in [7, 11) is 0. The summed E-state index contributed by atoms with van der Waals surface area (Å²) >= 11 is 0. The number of hydrogen-bond acceptors (Lipinski definition) is 2. The van der Waals surface area contributed by atoms with Crippen molar-refractivity contribution in [2.75, 3.05) is 6.54 Å². The molecule has 3 rings (SSSR count). The average Bonchev–Trinajstić information content (AvgIpc) is 2.55. The Balaban J connectivity index is 1.67. The van der Waals surface area contributed by atoms with Crippen LogP contribution in [0.4, 0.5) is 0 Å². The minimum absolute atomic E-state index is 0.256. The van der Waals surface area contributed by atoms with Crippen LogP contribution in [0.1, 0.15) is 30.0 Å². The molecule has 104 valence electrons. The molecule has 0 unspecified atom stereocenters. The first-order chi connectivity index (χ1) is 9.93. The van der Waals surface area contributed by atoms with Gasteiger partial charge in [-0.1, -0.05) is 60.7 Å². The van der Waals surface area contributed by atoms with Crippen LogP contribution in [-0.2, 0) is 11.3 Å². The van der Waals surface area contributed by atoms with Crippen LogP contribution in [-0.4, -0.2) is 12.6 Å². The van der Waals surface area contributed by atoms with E-state index in [1.807, 2.05) is 6.07 Å². The van der Waals surface area contributed by atoms with Gasteiger partial charge < -0.3 is 10.1 Å². The third-order valence-electron chi connectivity index (χ3n) is 3.87. The van der Waals surface area contributed by atoms with Gasteiger partial charge in [-0.15, -0.1) is 0 Å². The third-order valence-corrected chi connectivity index (χ3v) is 3.87. The maximum atomic E-state index is 6.17. The molecular weight excluding hydrogens is 246 g/mol. The first-order valence-corrected chi connectivity index (χ1v) is 7.37. The Bertz CT molecular complexity index is 511. The molecule has 1 saturated heterocycles. The Morgan fingerprint density at radius 3 is 2.40 bits per heavy atom. The van der Waals surface area contributed by atoms with Gasteiger partial charge in [-0.25, -0.2) is 0 Å². The van der Waals surface area contributed by atoms with Gasteiger partial charge in [-0.2, -0.15) is 0 Å². The second-order valence-corrected chi connectivity index (χ2v) is 5.32. The van der Waals surface area contributed by atoms with Crippen molar-refractivity contribution in [3.63, 3.8) is 0 Å². The molecule has 1 heterocycles. The molecule has 1 fully saturated rings. The summed E-state index contributed by atoms with van der Waals surface area (Å²) in [4.78, 5) is 0. The highest BCUT2D eigenvalue weighted by molar-refractivity contribution is 5.21. The maximum Gasteiger partial charge on any atom is 0.0774 e. The summed E-state index contributed by atoms with van der Waals surface area (Å²) in [6.07, 6.45) is 2.56. The SMILES string of the molecule is c1ccc(CO[C@@H]2CCCN[C@@H]2c2ccccc2)cc1. The van der Waals surface area contributed by atoms with Gasteiger partial charge in [-0.05, 0) is 30.5 Å². The summed E-state index contributed by atoms with van der Waals surface area (Å²) in [5.74, 6) is 0. The van der Waals surface area contributed by atoms with Crippen LogP contribution >= 0.6 is 0 Å². The van der Waals surface area contributed by atoms with E-state index in [0.717, 1.165) is 13.0 Å². The van der Waals surface area contributed by atoms with Crippen molar-refractivity contribution in [2.45, 2.75) is 31.6 Å². The lowest BCUT2D eigenvalue weighted by Gasteiger charge is -2.33. The normalized spacial score (nSPS) is 22.6. The van der Waals surface area contributed by atoms with Crippen molar-refractivity contribution in [3.05, 3.63) is 71.8 Å². The van der Waals surface area contributed by atoms with Gasteiger partial charge in [0.05, 0.1) is 18.8 Å². The van der Waals surface area contributed by atoms with Crippen molar-refractivity contribution in [1.29, 1.82) is 0 Å². The minimum Gasteiger partial charge on any atom is -0.372 e. The number of benzene rings is 2. The number of ether oxygens (including phenoxy) is 1. The smallest absolute Gasteiger partial charge is 0.0774 e. The molecular formula is C18H21NO. The molecule has 2 atom stereocenters. The zero-order valence-corrected chi connectivity index (χ0v) is 11.7. The van der Waals surface area contributed by atoms with Gasteiger partial charge in [0.15, 0.2) is 0 Å². The Morgan fingerprint density at radius 2 is 1.65 bits per heavy atom. The van der Waals surface area contributed by atoms with Crippen molar-refractivity contribution in [1.82, 2.24) is 5.32 Å². The molecule has 20 heavy (non-hydrogen) atoms. The molecule has 0 spiro atoms. The Kier molecular flexibility index (Phi) is 4.46. The van der Waals surface area contributed by atoms with E-state index in [1.54, 1.807) is 0 Å². The summed E-state index contributed by atoms with van der Waals surface area (Å²) in [5.41, 5.74) is 2.56. The first-order valence-electron chi connectivity index (χ1n) is 7.37. The number of nitrogens with one attached hydrogen (secondary N) is 1. The van der Waals surface area contributed by atoms with Gasteiger partial charge in [-0.3, -0.25) is 0 Å². The fourth-order valence-electron chi connectivity index (χ4n) is 2.81. The zero-order chi connectivity index (χ0) is 13.6. The predicted molar refractivity (Wildman–Crippen MR) is 81.4 cm³/mol. The van der Waals surface area contributed by atoms with E-state index in [9.17, 15) is 0 Å². The van der Waals surface area contributed by atoms with Crippen molar-refractivity contribution < 1.29 is 4.74 Å². The number of hydrogen-bond donors (Lipinski definition) is 1. The van der Waals surface area contributed by atoms with E-state index in [4.69, 9.17) is 4.74 Å². The molecule has 1 aliphatic heterocycles. The van der Waals surface area contributed by atoms with Gasteiger partial charge in [0, 0.05) is 0 Å². The lowest BCUT2D eigenvalue weighted by Crippen LogP contribution is -2.39. The van der Waals surface area contributed by atoms with Crippen LogP contribution in [0.3, 0.4) is 0 Å². The highest BCUT2D eigenvalue weighted by Gasteiger charge is 2.26. The summed E-state index contributed by atoms with van der Waals surface area (Å²) in [6, 6.07) is 21.3. The van der Waals surface area contributed by atoms with Gasteiger partial charge in [0.25, 0.3) is 0 Å². The fourth-order valence-corrected chi connectivity index (χ4v) is 2.81. The van der Waals surface area contributed by atoms with E-state index in [2.05, 4.69) is 59.9 Å². The van der Waals surface area contributed by atoms with Crippen molar-refractivity contribution >= 4 is 0 Å². The molecule has 2 heteroatoms. The fraction of sp³-hybridized carbons (Fsp3) is 0.333. The number of piperidine rings is 1. The lowest BCUT2D eigenvalue weighted by atomic mass is 9.94. The van der Waals surface area contributed by atoms with Crippen LogP contribution in [0.5, 0.6) is 0 Å². The summed E-state index contributed by atoms with van der Waals surface area (Å²) in [5, 5.41) is 3.60. The third kappa shape index (κ3) is 3.27. The second kappa shape index (κ2) is 6.69. The van der Waals surface area contributed by atoms with E-state index >= 15 is 0 Å². The topological polar surface area (TPSA) is 21.3 Å². The standard InChI is InChI=1S/C18H21NO/c1-3-8-15(9-4-1)14-20-17-12-7-13-19-18(17)16-10-5-2-6-11-16/h1-6,8-11,17-19H,7,12-14H2/t17-,18-/m1/s1. The number of rotatable bonds is 4. The molecule has 0 aromatic heterocycles. The van der Waals surface area contributed by atoms with Crippen LogP contribution in [0.25, 0.3) is 0 Å². The van der Waals surface area contributed by atoms with E-state index in [-0.39, 0.29) is 6.10 Å². The van der Waals surface area contributed by atoms with Crippen LogP contribution < -0.4 is 5.32 Å². The van der Waals surface area contributed by atoms with Crippen LogP contribution in [0.15, 0.2) is 60.7 Å². The second-order valence-electron chi connectivity index (χ2n) is 5.32. The van der Waals surface area contributed by atoms with E-state index in [0.29, 0.717) is 12.6 Å². The molecule has 1 aliphatic rings. The highest BCUT2D eigenvalue weighted by atomic mass is 16.5. The quantitative estimate of drug-likeness (QED) is 0.912. The highest BCUT2D eigenvalue weighted by Crippen LogP contribution is 2.26. The minimum atomic E-state index is 0.256. The zero-order valence-electron chi connectivity index (χ0n) is 11.7.